The predicted molar refractivity (Wildman–Crippen MR) is 92.3 cm³/mol. The molecule has 0 spiro atoms. The number of rotatable bonds is 2. The van der Waals surface area contributed by atoms with Gasteiger partial charge in [0.2, 0.25) is 11.8 Å². The molecular weight excluding hydrogens is 288 g/mol. The van der Waals surface area contributed by atoms with Crippen LogP contribution in [0.2, 0.25) is 0 Å². The molecule has 3 rings (SSSR count). The van der Waals surface area contributed by atoms with E-state index in [1.807, 2.05) is 70.2 Å². The number of carbonyl (C=O) groups is 1. The smallest absolute Gasteiger partial charge is 0.229 e. The molecule has 4 nitrogen and oxygen atoms in total. The number of aromatic nitrogens is 1. The van der Waals surface area contributed by atoms with Gasteiger partial charge in [0.25, 0.3) is 0 Å². The largest absolute Gasteiger partial charge is 0.436 e. The Bertz CT molecular complexity index is 855. The molecule has 0 unspecified atom stereocenters. The van der Waals surface area contributed by atoms with Crippen LogP contribution in [0.3, 0.4) is 0 Å². The first-order valence-electron chi connectivity index (χ1n) is 7.62. The highest BCUT2D eigenvalue weighted by molar-refractivity contribution is 5.94. The molecule has 0 atom stereocenters. The number of amides is 1. The Labute approximate surface area is 135 Å². The summed E-state index contributed by atoms with van der Waals surface area (Å²) in [5.74, 6) is 0.571. The van der Waals surface area contributed by atoms with Gasteiger partial charge in [0.15, 0.2) is 5.58 Å². The molecule has 118 valence electrons. The van der Waals surface area contributed by atoms with Crippen LogP contribution in [-0.4, -0.2) is 10.9 Å². The SMILES string of the molecule is Cc1ccc2oc(-c3ccc(NC(=O)C(C)(C)C)cc3)nc2c1. The molecule has 1 heterocycles. The molecule has 0 bridgehead atoms. The topological polar surface area (TPSA) is 55.1 Å². The van der Waals surface area contributed by atoms with E-state index in [1.54, 1.807) is 0 Å². The average molecular weight is 308 g/mol. The highest BCUT2D eigenvalue weighted by atomic mass is 16.3. The molecule has 4 heteroatoms. The van der Waals surface area contributed by atoms with Gasteiger partial charge in [0.05, 0.1) is 0 Å². The van der Waals surface area contributed by atoms with Crippen molar-refractivity contribution in [2.75, 3.05) is 5.32 Å². The standard InChI is InChI=1S/C19H20N2O2/c1-12-5-10-16-15(11-12)21-17(23-16)13-6-8-14(9-7-13)20-18(22)19(2,3)4/h5-11H,1-4H3,(H,20,22). The van der Waals surface area contributed by atoms with E-state index in [4.69, 9.17) is 4.42 Å². The third kappa shape index (κ3) is 3.26. The maximum Gasteiger partial charge on any atom is 0.229 e. The van der Waals surface area contributed by atoms with E-state index in [0.717, 1.165) is 27.9 Å². The summed E-state index contributed by atoms with van der Waals surface area (Å²) in [5, 5.41) is 2.90. The van der Waals surface area contributed by atoms with E-state index in [0.29, 0.717) is 5.89 Å². The van der Waals surface area contributed by atoms with Crippen molar-refractivity contribution in [1.82, 2.24) is 4.98 Å². The zero-order chi connectivity index (χ0) is 16.6. The third-order valence-electron chi connectivity index (χ3n) is 3.61. The van der Waals surface area contributed by atoms with Crippen LogP contribution < -0.4 is 5.32 Å². The lowest BCUT2D eigenvalue weighted by Gasteiger charge is -2.17. The fourth-order valence-electron chi connectivity index (χ4n) is 2.18. The Balaban J connectivity index is 1.85. The number of hydrogen-bond acceptors (Lipinski definition) is 3. The van der Waals surface area contributed by atoms with Gasteiger partial charge in [-0.1, -0.05) is 26.8 Å². The van der Waals surface area contributed by atoms with Crippen molar-refractivity contribution in [1.29, 1.82) is 0 Å². The highest BCUT2D eigenvalue weighted by Crippen LogP contribution is 2.26. The number of anilines is 1. The van der Waals surface area contributed by atoms with Crippen LogP contribution in [0, 0.1) is 12.3 Å². The fraction of sp³-hybridized carbons (Fsp3) is 0.263. The van der Waals surface area contributed by atoms with Crippen LogP contribution >= 0.6 is 0 Å². The van der Waals surface area contributed by atoms with E-state index < -0.39 is 5.41 Å². The molecule has 1 aromatic heterocycles. The summed E-state index contributed by atoms with van der Waals surface area (Å²) in [6.45, 7) is 7.69. The number of hydrogen-bond donors (Lipinski definition) is 1. The highest BCUT2D eigenvalue weighted by Gasteiger charge is 2.21. The number of benzene rings is 2. The Morgan fingerprint density at radius 1 is 1.09 bits per heavy atom. The summed E-state index contributed by atoms with van der Waals surface area (Å²) in [5.41, 5.74) is 4.00. The zero-order valence-electron chi connectivity index (χ0n) is 13.8. The number of fused-ring (bicyclic) bond motifs is 1. The van der Waals surface area contributed by atoms with E-state index in [9.17, 15) is 4.79 Å². The molecule has 0 saturated carbocycles. The van der Waals surface area contributed by atoms with Gasteiger partial charge in [-0.2, -0.15) is 0 Å². The molecule has 1 N–H and O–H groups in total. The summed E-state index contributed by atoms with van der Waals surface area (Å²) < 4.78 is 5.79. The second kappa shape index (κ2) is 5.54. The van der Waals surface area contributed by atoms with Gasteiger partial charge in [-0.25, -0.2) is 4.98 Å². The number of carbonyl (C=O) groups excluding carboxylic acids is 1. The van der Waals surface area contributed by atoms with Crippen LogP contribution in [0.15, 0.2) is 46.9 Å². The van der Waals surface area contributed by atoms with Crippen molar-refractivity contribution in [2.24, 2.45) is 5.41 Å². The first-order chi connectivity index (χ1) is 10.8. The number of nitrogens with zero attached hydrogens (tertiary/aromatic N) is 1. The fourth-order valence-corrected chi connectivity index (χ4v) is 2.18. The van der Waals surface area contributed by atoms with Gasteiger partial charge in [0, 0.05) is 16.7 Å². The van der Waals surface area contributed by atoms with Crippen molar-refractivity contribution >= 4 is 22.7 Å². The van der Waals surface area contributed by atoms with Gasteiger partial charge in [-0.3, -0.25) is 4.79 Å². The Hall–Kier alpha value is -2.62. The van der Waals surface area contributed by atoms with Gasteiger partial charge in [-0.05, 0) is 48.9 Å². The molecule has 0 aliphatic heterocycles. The minimum Gasteiger partial charge on any atom is -0.436 e. The molecule has 0 aliphatic rings. The maximum atomic E-state index is 12.0. The van der Waals surface area contributed by atoms with Crippen LogP contribution in [0.4, 0.5) is 5.69 Å². The van der Waals surface area contributed by atoms with Crippen LogP contribution in [0.5, 0.6) is 0 Å². The Morgan fingerprint density at radius 2 is 1.78 bits per heavy atom. The molecule has 23 heavy (non-hydrogen) atoms. The van der Waals surface area contributed by atoms with E-state index in [1.165, 1.54) is 0 Å². The van der Waals surface area contributed by atoms with Crippen molar-refractivity contribution in [3.05, 3.63) is 48.0 Å². The van der Waals surface area contributed by atoms with Gasteiger partial charge >= 0.3 is 0 Å². The third-order valence-corrected chi connectivity index (χ3v) is 3.61. The van der Waals surface area contributed by atoms with Gasteiger partial charge in [0.1, 0.15) is 5.52 Å². The quantitative estimate of drug-likeness (QED) is 0.740. The minimum atomic E-state index is -0.420. The van der Waals surface area contributed by atoms with E-state index in [-0.39, 0.29) is 5.91 Å². The maximum absolute atomic E-state index is 12.0. The summed E-state index contributed by atoms with van der Waals surface area (Å²) >= 11 is 0. The van der Waals surface area contributed by atoms with Gasteiger partial charge in [-0.15, -0.1) is 0 Å². The molecule has 0 saturated heterocycles. The summed E-state index contributed by atoms with van der Waals surface area (Å²) in [6.07, 6.45) is 0. The second-order valence-electron chi connectivity index (χ2n) is 6.77. The van der Waals surface area contributed by atoms with Crippen molar-refractivity contribution in [2.45, 2.75) is 27.7 Å². The predicted octanol–water partition coefficient (Wildman–Crippen LogP) is 4.79. The first-order valence-corrected chi connectivity index (χ1v) is 7.62. The zero-order valence-corrected chi connectivity index (χ0v) is 13.8. The molecule has 0 radical (unpaired) electrons. The number of aryl methyl sites for hydroxylation is 1. The first kappa shape index (κ1) is 15.3. The molecular formula is C19H20N2O2. The lowest BCUT2D eigenvalue weighted by Crippen LogP contribution is -2.27. The lowest BCUT2D eigenvalue weighted by molar-refractivity contribution is -0.123. The monoisotopic (exact) mass is 308 g/mol. The normalized spacial score (nSPS) is 11.7. The number of oxazole rings is 1. The van der Waals surface area contributed by atoms with Crippen LogP contribution in [-0.2, 0) is 4.79 Å². The molecule has 3 aromatic rings. The molecule has 1 amide bonds. The Morgan fingerprint density at radius 3 is 2.43 bits per heavy atom. The van der Waals surface area contributed by atoms with Crippen LogP contribution in [0.1, 0.15) is 26.3 Å². The van der Waals surface area contributed by atoms with E-state index in [2.05, 4.69) is 10.3 Å². The van der Waals surface area contributed by atoms with Crippen LogP contribution in [0.25, 0.3) is 22.6 Å². The van der Waals surface area contributed by atoms with Crippen molar-refractivity contribution in [3.8, 4) is 11.5 Å². The van der Waals surface area contributed by atoms with Gasteiger partial charge < -0.3 is 9.73 Å². The summed E-state index contributed by atoms with van der Waals surface area (Å²) in [6, 6.07) is 13.5. The molecule has 0 aliphatic carbocycles. The molecule has 2 aromatic carbocycles. The Kier molecular flexibility index (Phi) is 3.68. The summed E-state index contributed by atoms with van der Waals surface area (Å²) in [7, 11) is 0. The lowest BCUT2D eigenvalue weighted by atomic mass is 9.95. The van der Waals surface area contributed by atoms with Crippen molar-refractivity contribution in [3.63, 3.8) is 0 Å². The number of nitrogens with one attached hydrogen (secondary N) is 1. The summed E-state index contributed by atoms with van der Waals surface area (Å²) in [4.78, 5) is 16.5. The molecule has 0 fully saturated rings. The minimum absolute atomic E-state index is 0.0115. The second-order valence-corrected chi connectivity index (χ2v) is 6.77. The average Bonchev–Trinajstić information content (AvgIpc) is 2.90. The van der Waals surface area contributed by atoms with Crippen molar-refractivity contribution < 1.29 is 9.21 Å². The van der Waals surface area contributed by atoms with E-state index >= 15 is 0 Å².